The van der Waals surface area contributed by atoms with Crippen LogP contribution in [0.15, 0.2) is 22.7 Å². The summed E-state index contributed by atoms with van der Waals surface area (Å²) < 4.78 is 13.7. The fourth-order valence-electron chi connectivity index (χ4n) is 3.05. The highest BCUT2D eigenvalue weighted by atomic mass is 79.9. The van der Waals surface area contributed by atoms with Gasteiger partial charge in [0.15, 0.2) is 0 Å². The van der Waals surface area contributed by atoms with Crippen LogP contribution in [0.25, 0.3) is 0 Å². The van der Waals surface area contributed by atoms with Gasteiger partial charge in [0.25, 0.3) is 0 Å². The van der Waals surface area contributed by atoms with E-state index in [0.29, 0.717) is 22.6 Å². The summed E-state index contributed by atoms with van der Waals surface area (Å²) in [5.41, 5.74) is 1.29. The maximum atomic E-state index is 13.3. The normalized spacial score (nSPS) is 23.9. The Balaban J connectivity index is 2.10. The van der Waals surface area contributed by atoms with E-state index >= 15 is 0 Å². The molecular formula is C17H22BrFO. The van der Waals surface area contributed by atoms with Crippen molar-refractivity contribution >= 4 is 21.7 Å². The van der Waals surface area contributed by atoms with E-state index in [2.05, 4.69) is 36.7 Å². The number of halogens is 2. The van der Waals surface area contributed by atoms with E-state index < -0.39 is 0 Å². The molecule has 110 valence electrons. The molecule has 0 amide bonds. The minimum absolute atomic E-state index is 0.0883. The Morgan fingerprint density at radius 1 is 1.35 bits per heavy atom. The summed E-state index contributed by atoms with van der Waals surface area (Å²) in [7, 11) is 0. The Morgan fingerprint density at radius 3 is 2.65 bits per heavy atom. The van der Waals surface area contributed by atoms with E-state index in [-0.39, 0.29) is 17.2 Å². The van der Waals surface area contributed by atoms with Gasteiger partial charge in [0, 0.05) is 12.3 Å². The van der Waals surface area contributed by atoms with Gasteiger partial charge in [-0.15, -0.1) is 0 Å². The summed E-state index contributed by atoms with van der Waals surface area (Å²) >= 11 is 3.21. The summed E-state index contributed by atoms with van der Waals surface area (Å²) in [6, 6.07) is 5.05. The topological polar surface area (TPSA) is 17.1 Å². The fraction of sp³-hybridized carbons (Fsp3) is 0.588. The Kier molecular flexibility index (Phi) is 4.68. The van der Waals surface area contributed by atoms with Crippen LogP contribution in [0.2, 0.25) is 0 Å². The highest BCUT2D eigenvalue weighted by Crippen LogP contribution is 2.40. The largest absolute Gasteiger partial charge is 0.299 e. The fourth-order valence-corrected chi connectivity index (χ4v) is 3.47. The molecule has 2 unspecified atom stereocenters. The van der Waals surface area contributed by atoms with Crippen molar-refractivity contribution in [2.45, 2.75) is 46.5 Å². The van der Waals surface area contributed by atoms with Gasteiger partial charge in [-0.05, 0) is 64.2 Å². The first-order valence-corrected chi connectivity index (χ1v) is 8.03. The second-order valence-electron chi connectivity index (χ2n) is 6.95. The maximum Gasteiger partial charge on any atom is 0.137 e. The number of Topliss-reactive ketones (excluding diaryl/α,β-unsaturated/α-hetero) is 1. The number of carbonyl (C=O) groups is 1. The number of hydrogen-bond donors (Lipinski definition) is 0. The predicted molar refractivity (Wildman–Crippen MR) is 83.1 cm³/mol. The summed E-state index contributed by atoms with van der Waals surface area (Å²) in [5.74, 6) is 0.793. The van der Waals surface area contributed by atoms with Crippen molar-refractivity contribution in [3.63, 3.8) is 0 Å². The first-order chi connectivity index (χ1) is 9.27. The third-order valence-electron chi connectivity index (χ3n) is 4.45. The van der Waals surface area contributed by atoms with Crippen molar-refractivity contribution in [2.24, 2.45) is 17.3 Å². The Labute approximate surface area is 129 Å². The zero-order chi connectivity index (χ0) is 14.9. The molecule has 1 aliphatic carbocycles. The molecule has 3 heteroatoms. The molecule has 0 N–H and O–H groups in total. The molecule has 1 nitrogen and oxygen atoms in total. The molecule has 1 aliphatic rings. The first kappa shape index (κ1) is 15.7. The lowest BCUT2D eigenvalue weighted by Gasteiger charge is -2.37. The minimum Gasteiger partial charge on any atom is -0.299 e. The highest BCUT2D eigenvalue weighted by molar-refractivity contribution is 9.10. The quantitative estimate of drug-likeness (QED) is 0.726. The molecule has 0 saturated heterocycles. The van der Waals surface area contributed by atoms with Gasteiger partial charge in [-0.1, -0.05) is 26.8 Å². The Bertz CT molecular complexity index is 504. The first-order valence-electron chi connectivity index (χ1n) is 7.24. The van der Waals surface area contributed by atoms with Crippen molar-refractivity contribution in [1.29, 1.82) is 0 Å². The van der Waals surface area contributed by atoms with E-state index in [1.807, 2.05) is 0 Å². The average Bonchev–Trinajstić information content (AvgIpc) is 2.35. The molecule has 2 rings (SSSR count). The van der Waals surface area contributed by atoms with Crippen LogP contribution < -0.4 is 0 Å². The van der Waals surface area contributed by atoms with Gasteiger partial charge in [0.05, 0.1) is 4.47 Å². The summed E-state index contributed by atoms with van der Waals surface area (Å²) in [5, 5.41) is 0. The van der Waals surface area contributed by atoms with Crippen molar-refractivity contribution in [3.8, 4) is 0 Å². The smallest absolute Gasteiger partial charge is 0.137 e. The van der Waals surface area contributed by atoms with Crippen molar-refractivity contribution in [3.05, 3.63) is 34.1 Å². The Hall–Kier alpha value is -0.700. The van der Waals surface area contributed by atoms with Crippen molar-refractivity contribution in [2.75, 3.05) is 0 Å². The molecule has 0 bridgehead atoms. The summed E-state index contributed by atoms with van der Waals surface area (Å²) in [4.78, 5) is 12.1. The van der Waals surface area contributed by atoms with E-state index in [9.17, 15) is 9.18 Å². The number of benzene rings is 1. The monoisotopic (exact) mass is 340 g/mol. The van der Waals surface area contributed by atoms with Gasteiger partial charge < -0.3 is 0 Å². The molecular weight excluding hydrogens is 319 g/mol. The van der Waals surface area contributed by atoms with Crippen LogP contribution >= 0.6 is 15.9 Å². The van der Waals surface area contributed by atoms with Gasteiger partial charge in [-0.2, -0.15) is 0 Å². The standard InChI is InChI=1S/C17H22BrFO/c1-17(2,3)13-5-7-16(20)12(10-13)8-11-4-6-15(19)14(18)9-11/h4,6,9,12-13H,5,7-8,10H2,1-3H3. The molecule has 20 heavy (non-hydrogen) atoms. The number of carbonyl (C=O) groups excluding carboxylic acids is 1. The van der Waals surface area contributed by atoms with Crippen molar-refractivity contribution < 1.29 is 9.18 Å². The van der Waals surface area contributed by atoms with E-state index in [1.165, 1.54) is 6.07 Å². The van der Waals surface area contributed by atoms with Crippen LogP contribution in [-0.2, 0) is 11.2 Å². The Morgan fingerprint density at radius 2 is 2.05 bits per heavy atom. The lowest BCUT2D eigenvalue weighted by molar-refractivity contribution is -0.126. The van der Waals surface area contributed by atoms with Crippen LogP contribution in [0.1, 0.15) is 45.6 Å². The van der Waals surface area contributed by atoms with Crippen LogP contribution in [0.4, 0.5) is 4.39 Å². The van der Waals surface area contributed by atoms with Crippen LogP contribution in [0.3, 0.4) is 0 Å². The molecule has 2 atom stereocenters. The lowest BCUT2D eigenvalue weighted by Crippen LogP contribution is -2.33. The number of hydrogen-bond acceptors (Lipinski definition) is 1. The average molecular weight is 341 g/mol. The molecule has 0 aromatic heterocycles. The summed E-state index contributed by atoms with van der Waals surface area (Å²) in [6.45, 7) is 6.75. The second-order valence-corrected chi connectivity index (χ2v) is 7.81. The molecule has 1 fully saturated rings. The van der Waals surface area contributed by atoms with Crippen LogP contribution in [0.5, 0.6) is 0 Å². The SMILES string of the molecule is CC(C)(C)C1CCC(=O)C(Cc2ccc(F)c(Br)c2)C1. The number of ketones is 1. The third kappa shape index (κ3) is 3.69. The second kappa shape index (κ2) is 5.97. The van der Waals surface area contributed by atoms with Gasteiger partial charge in [-0.3, -0.25) is 4.79 Å². The van der Waals surface area contributed by atoms with Crippen molar-refractivity contribution in [1.82, 2.24) is 0 Å². The van der Waals surface area contributed by atoms with E-state index in [4.69, 9.17) is 0 Å². The molecule has 0 aliphatic heterocycles. The third-order valence-corrected chi connectivity index (χ3v) is 5.06. The summed E-state index contributed by atoms with van der Waals surface area (Å²) in [6.07, 6.45) is 3.38. The van der Waals surface area contributed by atoms with Gasteiger partial charge in [0.2, 0.25) is 0 Å². The maximum absolute atomic E-state index is 13.3. The molecule has 0 spiro atoms. The molecule has 0 heterocycles. The predicted octanol–water partition coefficient (Wildman–Crippen LogP) is 5.16. The molecule has 1 aromatic rings. The van der Waals surface area contributed by atoms with E-state index in [1.54, 1.807) is 12.1 Å². The molecule has 1 aromatic carbocycles. The molecule has 0 radical (unpaired) electrons. The number of rotatable bonds is 2. The van der Waals surface area contributed by atoms with Crippen LogP contribution in [0, 0.1) is 23.1 Å². The zero-order valence-electron chi connectivity index (χ0n) is 12.4. The van der Waals surface area contributed by atoms with Gasteiger partial charge >= 0.3 is 0 Å². The minimum atomic E-state index is -0.253. The van der Waals surface area contributed by atoms with Gasteiger partial charge in [-0.25, -0.2) is 4.39 Å². The van der Waals surface area contributed by atoms with Gasteiger partial charge in [0.1, 0.15) is 11.6 Å². The molecule has 1 saturated carbocycles. The van der Waals surface area contributed by atoms with Crippen LogP contribution in [-0.4, -0.2) is 5.78 Å². The highest BCUT2D eigenvalue weighted by Gasteiger charge is 2.34. The van der Waals surface area contributed by atoms with E-state index in [0.717, 1.165) is 24.8 Å². The lowest BCUT2D eigenvalue weighted by atomic mass is 9.67. The zero-order valence-corrected chi connectivity index (χ0v) is 14.0.